The van der Waals surface area contributed by atoms with Crippen molar-refractivity contribution in [3.63, 3.8) is 0 Å². The first-order valence-electron chi connectivity index (χ1n) is 5.18. The summed E-state index contributed by atoms with van der Waals surface area (Å²) in [6, 6.07) is 0. The van der Waals surface area contributed by atoms with Crippen molar-refractivity contribution < 1.29 is 14.9 Å². The van der Waals surface area contributed by atoms with E-state index in [2.05, 4.69) is 6.92 Å². The third-order valence-electron chi connectivity index (χ3n) is 2.05. The maximum atomic E-state index is 7.62. The van der Waals surface area contributed by atoms with Crippen LogP contribution in [0.4, 0.5) is 0 Å². The van der Waals surface area contributed by atoms with E-state index >= 15 is 0 Å². The lowest BCUT2D eigenvalue weighted by atomic mass is 9.98. The lowest BCUT2D eigenvalue weighted by Gasteiger charge is -2.20. The van der Waals surface area contributed by atoms with Crippen LogP contribution >= 0.6 is 0 Å². The molecule has 1 aliphatic carbocycles. The normalized spacial score (nSPS) is 17.8. The molecule has 80 valence electrons. The fourth-order valence-corrected chi connectivity index (χ4v) is 1.47. The van der Waals surface area contributed by atoms with E-state index in [0.717, 1.165) is 6.61 Å². The monoisotopic (exact) mass is 190 g/mol. The van der Waals surface area contributed by atoms with Crippen molar-refractivity contribution in [1.82, 2.24) is 0 Å². The highest BCUT2D eigenvalue weighted by molar-refractivity contribution is 4.64. The van der Waals surface area contributed by atoms with Gasteiger partial charge < -0.3 is 14.9 Å². The summed E-state index contributed by atoms with van der Waals surface area (Å²) in [6.45, 7) is 2.72. The van der Waals surface area contributed by atoms with Crippen molar-refractivity contribution >= 4 is 0 Å². The van der Waals surface area contributed by atoms with Gasteiger partial charge >= 0.3 is 0 Å². The van der Waals surface area contributed by atoms with Crippen molar-refractivity contribution in [3.05, 3.63) is 0 Å². The molecule has 0 unspecified atom stereocenters. The fraction of sp³-hybridized carbons (Fsp3) is 1.00. The SMILES string of the molecule is CCOC1CCCCC1.OCCO. The lowest BCUT2D eigenvalue weighted by molar-refractivity contribution is 0.0368. The number of rotatable bonds is 3. The first-order chi connectivity index (χ1) is 6.35. The Labute approximate surface area is 80.7 Å². The van der Waals surface area contributed by atoms with Crippen LogP contribution in [0.15, 0.2) is 0 Å². The maximum Gasteiger partial charge on any atom is 0.0662 e. The molecule has 3 nitrogen and oxygen atoms in total. The van der Waals surface area contributed by atoms with Gasteiger partial charge in [0.1, 0.15) is 0 Å². The summed E-state index contributed by atoms with van der Waals surface area (Å²) in [6.07, 6.45) is 7.38. The minimum atomic E-state index is -0.125. The largest absolute Gasteiger partial charge is 0.394 e. The molecule has 0 heterocycles. The quantitative estimate of drug-likeness (QED) is 0.706. The summed E-state index contributed by atoms with van der Waals surface area (Å²) < 4.78 is 5.48. The van der Waals surface area contributed by atoms with E-state index in [9.17, 15) is 0 Å². The first kappa shape index (κ1) is 12.9. The number of ether oxygens (including phenoxy) is 1. The summed E-state index contributed by atoms with van der Waals surface area (Å²) in [4.78, 5) is 0. The van der Waals surface area contributed by atoms with Crippen molar-refractivity contribution in [1.29, 1.82) is 0 Å². The van der Waals surface area contributed by atoms with Gasteiger partial charge in [-0.25, -0.2) is 0 Å². The van der Waals surface area contributed by atoms with Gasteiger partial charge in [0.25, 0.3) is 0 Å². The Hall–Kier alpha value is -0.120. The van der Waals surface area contributed by atoms with Gasteiger partial charge in [-0.05, 0) is 19.8 Å². The van der Waals surface area contributed by atoms with Gasteiger partial charge in [-0.1, -0.05) is 19.3 Å². The van der Waals surface area contributed by atoms with Crippen LogP contribution in [0.5, 0.6) is 0 Å². The maximum absolute atomic E-state index is 7.62. The molecule has 0 spiro atoms. The molecule has 13 heavy (non-hydrogen) atoms. The third-order valence-corrected chi connectivity index (χ3v) is 2.05. The smallest absolute Gasteiger partial charge is 0.0662 e. The summed E-state index contributed by atoms with van der Waals surface area (Å²) in [5, 5.41) is 15.2. The summed E-state index contributed by atoms with van der Waals surface area (Å²) in [7, 11) is 0. The van der Waals surface area contributed by atoms with Crippen molar-refractivity contribution in [2.75, 3.05) is 19.8 Å². The Morgan fingerprint density at radius 3 is 2.00 bits per heavy atom. The van der Waals surface area contributed by atoms with Gasteiger partial charge in [-0.3, -0.25) is 0 Å². The van der Waals surface area contributed by atoms with Crippen molar-refractivity contribution in [2.24, 2.45) is 0 Å². The van der Waals surface area contributed by atoms with E-state index in [-0.39, 0.29) is 13.2 Å². The van der Waals surface area contributed by atoms with Gasteiger partial charge in [0, 0.05) is 6.61 Å². The lowest BCUT2D eigenvalue weighted by Crippen LogP contribution is -2.15. The zero-order valence-electron chi connectivity index (χ0n) is 8.54. The molecule has 0 saturated heterocycles. The average molecular weight is 190 g/mol. The molecule has 1 rings (SSSR count). The van der Waals surface area contributed by atoms with Gasteiger partial charge in [-0.2, -0.15) is 0 Å². The standard InChI is InChI=1S/C8H16O.C2H6O2/c1-2-9-8-6-4-3-5-7-8;3-1-2-4/h8H,2-7H2,1H3;3-4H,1-2H2. The van der Waals surface area contributed by atoms with E-state index in [1.54, 1.807) is 0 Å². The topological polar surface area (TPSA) is 49.7 Å². The molecule has 0 atom stereocenters. The predicted octanol–water partition coefficient (Wildman–Crippen LogP) is 1.33. The van der Waals surface area contributed by atoms with Crippen LogP contribution in [0.1, 0.15) is 39.0 Å². The van der Waals surface area contributed by atoms with E-state index < -0.39 is 0 Å². The minimum Gasteiger partial charge on any atom is -0.394 e. The first-order valence-corrected chi connectivity index (χ1v) is 5.18. The Balaban J connectivity index is 0.000000310. The Kier molecular flexibility index (Phi) is 9.87. The fourth-order valence-electron chi connectivity index (χ4n) is 1.47. The van der Waals surface area contributed by atoms with Gasteiger partial charge in [-0.15, -0.1) is 0 Å². The summed E-state index contributed by atoms with van der Waals surface area (Å²) in [5.74, 6) is 0. The van der Waals surface area contributed by atoms with Gasteiger partial charge in [0.2, 0.25) is 0 Å². The molecule has 0 aliphatic heterocycles. The van der Waals surface area contributed by atoms with Crippen LogP contribution in [0.25, 0.3) is 0 Å². The molecule has 0 aromatic rings. The summed E-state index contributed by atoms with van der Waals surface area (Å²) in [5.41, 5.74) is 0. The molecule has 2 N–H and O–H groups in total. The highest BCUT2D eigenvalue weighted by Crippen LogP contribution is 2.19. The van der Waals surface area contributed by atoms with E-state index in [1.165, 1.54) is 32.1 Å². The minimum absolute atomic E-state index is 0.125. The second-order valence-corrected chi connectivity index (χ2v) is 3.16. The average Bonchev–Trinajstić information content (AvgIpc) is 2.20. The van der Waals surface area contributed by atoms with Crippen LogP contribution in [0.2, 0.25) is 0 Å². The van der Waals surface area contributed by atoms with E-state index in [0.29, 0.717) is 6.10 Å². The Morgan fingerprint density at radius 1 is 1.08 bits per heavy atom. The molecule has 0 bridgehead atoms. The van der Waals surface area contributed by atoms with Crippen molar-refractivity contribution in [3.8, 4) is 0 Å². The number of hydrogen-bond donors (Lipinski definition) is 2. The second kappa shape index (κ2) is 9.96. The summed E-state index contributed by atoms with van der Waals surface area (Å²) >= 11 is 0. The van der Waals surface area contributed by atoms with Crippen LogP contribution in [0, 0.1) is 0 Å². The van der Waals surface area contributed by atoms with Crippen LogP contribution in [-0.2, 0) is 4.74 Å². The van der Waals surface area contributed by atoms with Gasteiger partial charge in [0.05, 0.1) is 19.3 Å². The molecule has 0 aromatic heterocycles. The molecule has 0 aromatic carbocycles. The zero-order valence-corrected chi connectivity index (χ0v) is 8.54. The second-order valence-electron chi connectivity index (χ2n) is 3.16. The van der Waals surface area contributed by atoms with Crippen LogP contribution < -0.4 is 0 Å². The highest BCUT2D eigenvalue weighted by Gasteiger charge is 2.11. The molecule has 3 heteroatoms. The molecular weight excluding hydrogens is 168 g/mol. The van der Waals surface area contributed by atoms with E-state index in [4.69, 9.17) is 14.9 Å². The molecule has 1 saturated carbocycles. The van der Waals surface area contributed by atoms with Crippen LogP contribution in [0.3, 0.4) is 0 Å². The van der Waals surface area contributed by atoms with E-state index in [1.807, 2.05) is 0 Å². The molecular formula is C10H22O3. The Bertz CT molecular complexity index is 85.4. The number of aliphatic hydroxyl groups is 2. The number of aliphatic hydroxyl groups excluding tert-OH is 2. The molecule has 1 fully saturated rings. The van der Waals surface area contributed by atoms with Gasteiger partial charge in [0.15, 0.2) is 0 Å². The van der Waals surface area contributed by atoms with Crippen LogP contribution in [-0.4, -0.2) is 36.1 Å². The molecule has 0 amide bonds. The number of hydrogen-bond acceptors (Lipinski definition) is 3. The highest BCUT2D eigenvalue weighted by atomic mass is 16.5. The Morgan fingerprint density at radius 2 is 1.62 bits per heavy atom. The molecule has 0 radical (unpaired) electrons. The molecule has 1 aliphatic rings. The third kappa shape index (κ3) is 8.22. The zero-order chi connectivity index (χ0) is 9.94. The predicted molar refractivity (Wildman–Crippen MR) is 52.7 cm³/mol. The van der Waals surface area contributed by atoms with Crippen molar-refractivity contribution in [2.45, 2.75) is 45.1 Å².